The van der Waals surface area contributed by atoms with Crippen molar-refractivity contribution < 1.29 is 9.53 Å². The van der Waals surface area contributed by atoms with Crippen LogP contribution >= 0.6 is 11.8 Å². The Labute approximate surface area is 149 Å². The van der Waals surface area contributed by atoms with Crippen LogP contribution in [0.25, 0.3) is 0 Å². The molecule has 1 aromatic heterocycles. The van der Waals surface area contributed by atoms with Crippen LogP contribution < -0.4 is 11.0 Å². The number of thioether (sulfide) groups is 1. The quantitative estimate of drug-likeness (QED) is 0.545. The monoisotopic (exact) mass is 361 g/mol. The number of nitrogens with zero attached hydrogens (tertiary/aromatic N) is 3. The third kappa shape index (κ3) is 5.20. The lowest BCUT2D eigenvalue weighted by Gasteiger charge is -2.12. The summed E-state index contributed by atoms with van der Waals surface area (Å²) in [5, 5.41) is 18.0. The van der Waals surface area contributed by atoms with Gasteiger partial charge in [0, 0.05) is 25.9 Å². The first-order chi connectivity index (χ1) is 12.0. The van der Waals surface area contributed by atoms with E-state index in [4.69, 9.17) is 10.00 Å². The van der Waals surface area contributed by atoms with Crippen LogP contribution in [0.3, 0.4) is 0 Å². The molecule has 0 saturated carbocycles. The summed E-state index contributed by atoms with van der Waals surface area (Å²) in [4.78, 5) is 24.1. The summed E-state index contributed by atoms with van der Waals surface area (Å²) in [6, 6.07) is 8.63. The van der Waals surface area contributed by atoms with E-state index in [9.17, 15) is 9.59 Å². The molecular formula is C16H19N5O3S. The van der Waals surface area contributed by atoms with Gasteiger partial charge in [0.15, 0.2) is 5.16 Å². The van der Waals surface area contributed by atoms with Crippen LogP contribution in [0.15, 0.2) is 34.2 Å². The van der Waals surface area contributed by atoms with Crippen molar-refractivity contribution in [2.24, 2.45) is 0 Å². The largest absolute Gasteiger partial charge is 0.385 e. The van der Waals surface area contributed by atoms with E-state index in [1.54, 1.807) is 38.3 Å². The molecule has 1 aromatic carbocycles. The Morgan fingerprint density at radius 1 is 1.48 bits per heavy atom. The molecular weight excluding hydrogens is 342 g/mol. The zero-order valence-electron chi connectivity index (χ0n) is 14.0. The third-order valence-corrected chi connectivity index (χ3v) is 4.48. The highest BCUT2D eigenvalue weighted by Gasteiger charge is 2.19. The molecule has 2 N–H and O–H groups in total. The number of hydrogen-bond acceptors (Lipinski definition) is 6. The van der Waals surface area contributed by atoms with Gasteiger partial charge < -0.3 is 10.1 Å². The van der Waals surface area contributed by atoms with Gasteiger partial charge >= 0.3 is 5.69 Å². The van der Waals surface area contributed by atoms with Crippen LogP contribution in [0.4, 0.5) is 5.69 Å². The van der Waals surface area contributed by atoms with Crippen LogP contribution in [-0.2, 0) is 16.1 Å². The number of aromatic amines is 1. The maximum atomic E-state index is 12.3. The van der Waals surface area contributed by atoms with Gasteiger partial charge in [-0.25, -0.2) is 9.89 Å². The molecule has 0 aliphatic carbocycles. The zero-order chi connectivity index (χ0) is 18.2. The molecule has 25 heavy (non-hydrogen) atoms. The van der Waals surface area contributed by atoms with Crippen LogP contribution in [0, 0.1) is 11.3 Å². The summed E-state index contributed by atoms with van der Waals surface area (Å²) in [7, 11) is 1.60. The molecule has 0 aliphatic heterocycles. The molecule has 1 heterocycles. The Bertz CT molecular complexity index is 806. The molecule has 0 radical (unpaired) electrons. The first-order valence-electron chi connectivity index (χ1n) is 7.67. The van der Waals surface area contributed by atoms with Gasteiger partial charge in [0.2, 0.25) is 5.91 Å². The van der Waals surface area contributed by atoms with Crippen molar-refractivity contribution in [2.45, 2.75) is 30.3 Å². The number of benzene rings is 1. The number of methoxy groups -OCH3 is 1. The number of nitriles is 1. The number of hydrogen-bond donors (Lipinski definition) is 2. The number of amides is 1. The highest BCUT2D eigenvalue weighted by Crippen LogP contribution is 2.21. The van der Waals surface area contributed by atoms with Gasteiger partial charge in [0.25, 0.3) is 0 Å². The van der Waals surface area contributed by atoms with Crippen molar-refractivity contribution in [3.63, 3.8) is 0 Å². The van der Waals surface area contributed by atoms with Crippen molar-refractivity contribution >= 4 is 23.4 Å². The predicted molar refractivity (Wildman–Crippen MR) is 94.4 cm³/mol. The lowest BCUT2D eigenvalue weighted by atomic mass is 10.2. The molecule has 0 fully saturated rings. The number of H-pyrrole nitrogens is 1. The number of carbonyl (C=O) groups excluding carboxylic acids is 1. The smallest absolute Gasteiger partial charge is 0.343 e. The van der Waals surface area contributed by atoms with Crippen LogP contribution in [0.2, 0.25) is 0 Å². The van der Waals surface area contributed by atoms with E-state index >= 15 is 0 Å². The first-order valence-corrected chi connectivity index (χ1v) is 8.55. The molecule has 2 aromatic rings. The Kier molecular flexibility index (Phi) is 6.80. The van der Waals surface area contributed by atoms with Gasteiger partial charge in [0.1, 0.15) is 0 Å². The molecule has 0 spiro atoms. The van der Waals surface area contributed by atoms with Crippen LogP contribution in [0.5, 0.6) is 0 Å². The molecule has 8 nitrogen and oxygen atoms in total. The fourth-order valence-electron chi connectivity index (χ4n) is 2.04. The second-order valence-electron chi connectivity index (χ2n) is 5.25. The second-order valence-corrected chi connectivity index (χ2v) is 6.56. The molecule has 0 bridgehead atoms. The molecule has 0 saturated heterocycles. The molecule has 9 heteroatoms. The summed E-state index contributed by atoms with van der Waals surface area (Å²) >= 11 is 1.20. The molecule has 132 valence electrons. The Morgan fingerprint density at radius 2 is 2.20 bits per heavy atom. The molecule has 0 unspecified atom stereocenters. The highest BCUT2D eigenvalue weighted by atomic mass is 32.2. The van der Waals surface area contributed by atoms with E-state index in [-0.39, 0.29) is 11.6 Å². The third-order valence-electron chi connectivity index (χ3n) is 3.39. The summed E-state index contributed by atoms with van der Waals surface area (Å²) in [5.74, 6) is -0.214. The van der Waals surface area contributed by atoms with Crippen molar-refractivity contribution in [3.05, 3.63) is 40.3 Å². The molecule has 1 amide bonds. The number of aromatic nitrogens is 3. The van der Waals surface area contributed by atoms with Gasteiger partial charge in [-0.05, 0) is 37.6 Å². The molecule has 0 aliphatic rings. The summed E-state index contributed by atoms with van der Waals surface area (Å²) in [6.45, 7) is 2.74. The van der Waals surface area contributed by atoms with E-state index in [0.29, 0.717) is 36.0 Å². The minimum atomic E-state index is -0.452. The summed E-state index contributed by atoms with van der Waals surface area (Å²) < 4.78 is 6.48. The Morgan fingerprint density at radius 3 is 2.84 bits per heavy atom. The van der Waals surface area contributed by atoms with Gasteiger partial charge in [-0.3, -0.25) is 9.36 Å². The second kappa shape index (κ2) is 9.05. The average molecular weight is 361 g/mol. The van der Waals surface area contributed by atoms with Crippen LogP contribution in [0.1, 0.15) is 18.9 Å². The lowest BCUT2D eigenvalue weighted by Crippen LogP contribution is -2.24. The Balaban J connectivity index is 1.98. The van der Waals surface area contributed by atoms with Crippen molar-refractivity contribution in [3.8, 4) is 6.07 Å². The number of carbonyl (C=O) groups is 1. The zero-order valence-corrected chi connectivity index (χ0v) is 14.8. The predicted octanol–water partition coefficient (Wildman–Crippen LogP) is 1.60. The van der Waals surface area contributed by atoms with Crippen molar-refractivity contribution in [1.82, 2.24) is 14.8 Å². The topological polar surface area (TPSA) is 113 Å². The normalized spacial score (nSPS) is 11.7. The highest BCUT2D eigenvalue weighted by molar-refractivity contribution is 8.00. The average Bonchev–Trinajstić information content (AvgIpc) is 2.96. The number of anilines is 1. The van der Waals surface area contributed by atoms with Gasteiger partial charge in [-0.1, -0.05) is 11.8 Å². The summed E-state index contributed by atoms with van der Waals surface area (Å²) in [5.41, 5.74) is 0.825. The van der Waals surface area contributed by atoms with E-state index in [2.05, 4.69) is 15.5 Å². The molecule has 2 rings (SSSR count). The van der Waals surface area contributed by atoms with Crippen LogP contribution in [-0.4, -0.2) is 39.6 Å². The van der Waals surface area contributed by atoms with Crippen molar-refractivity contribution in [2.75, 3.05) is 19.0 Å². The number of ether oxygens (including phenoxy) is 1. The maximum absolute atomic E-state index is 12.3. The van der Waals surface area contributed by atoms with E-state index < -0.39 is 5.25 Å². The maximum Gasteiger partial charge on any atom is 0.343 e. The first kappa shape index (κ1) is 18.8. The van der Waals surface area contributed by atoms with Crippen molar-refractivity contribution in [1.29, 1.82) is 5.26 Å². The molecule has 1 atom stereocenters. The fourth-order valence-corrected chi connectivity index (χ4v) is 2.92. The van der Waals surface area contributed by atoms with Gasteiger partial charge in [0.05, 0.1) is 16.9 Å². The summed E-state index contributed by atoms with van der Waals surface area (Å²) in [6.07, 6.45) is 0.676. The fraction of sp³-hybridized carbons (Fsp3) is 0.375. The Hall–Kier alpha value is -2.57. The number of nitrogens with one attached hydrogen (secondary N) is 2. The van der Waals surface area contributed by atoms with E-state index in [1.165, 1.54) is 16.3 Å². The van der Waals surface area contributed by atoms with Gasteiger partial charge in [-0.2, -0.15) is 5.26 Å². The van der Waals surface area contributed by atoms with Gasteiger partial charge in [-0.15, -0.1) is 5.10 Å². The minimum absolute atomic E-state index is 0.214. The van der Waals surface area contributed by atoms with E-state index in [0.717, 1.165) is 0 Å². The lowest BCUT2D eigenvalue weighted by molar-refractivity contribution is -0.115. The number of rotatable bonds is 8. The standard InChI is InChI=1S/C16H19N5O3S/c1-11(14(22)18-13-6-4-12(10-17)5-7-13)25-16-20-19-15(23)21(16)8-3-9-24-2/h4-7,11H,3,8-9H2,1-2H3,(H,18,22)(H,19,23)/t11-/m1/s1. The van der Waals surface area contributed by atoms with E-state index in [1.807, 2.05) is 6.07 Å². The minimum Gasteiger partial charge on any atom is -0.385 e. The SMILES string of the molecule is COCCCn1c(S[C@H](C)C(=O)Nc2ccc(C#N)cc2)n[nH]c1=O.